The Morgan fingerprint density at radius 1 is 1.41 bits per heavy atom. The maximum atomic E-state index is 13.3. The highest BCUT2D eigenvalue weighted by Crippen LogP contribution is 2.18. The minimum atomic E-state index is -0.575. The van der Waals surface area contributed by atoms with Crippen molar-refractivity contribution in [2.45, 2.75) is 6.92 Å². The molecule has 1 heterocycles. The minimum Gasteiger partial charge on any atom is -0.393 e. The first-order chi connectivity index (χ1) is 7.93. The number of anilines is 1. The highest BCUT2D eigenvalue weighted by molar-refractivity contribution is 6.30. The lowest BCUT2D eigenvalue weighted by Gasteiger charge is -2.08. The number of hydrogen-bond acceptors (Lipinski definition) is 2. The fourth-order valence-corrected chi connectivity index (χ4v) is 1.75. The SMILES string of the molecule is Cc1c(N)c(=O)n(-c2ccc(Cl)c(F)c2)n1C. The fourth-order valence-electron chi connectivity index (χ4n) is 1.64. The summed E-state index contributed by atoms with van der Waals surface area (Å²) in [5, 5.41) is 0.0145. The molecule has 0 unspecified atom stereocenters. The van der Waals surface area contributed by atoms with Gasteiger partial charge in [0.2, 0.25) is 0 Å². The van der Waals surface area contributed by atoms with Gasteiger partial charge in [0.05, 0.1) is 16.4 Å². The molecule has 4 nitrogen and oxygen atoms in total. The van der Waals surface area contributed by atoms with Gasteiger partial charge in [-0.25, -0.2) is 9.07 Å². The van der Waals surface area contributed by atoms with E-state index in [2.05, 4.69) is 0 Å². The van der Waals surface area contributed by atoms with Crippen LogP contribution in [0.2, 0.25) is 5.02 Å². The predicted octanol–water partition coefficient (Wildman–Crippen LogP) is 1.86. The second kappa shape index (κ2) is 3.92. The van der Waals surface area contributed by atoms with Gasteiger partial charge in [0.15, 0.2) is 0 Å². The standard InChI is InChI=1S/C11H11ClFN3O/c1-6-10(14)11(17)16(15(6)2)7-3-4-8(12)9(13)5-7/h3-5H,14H2,1-2H3. The van der Waals surface area contributed by atoms with Gasteiger partial charge in [0.1, 0.15) is 11.5 Å². The summed E-state index contributed by atoms with van der Waals surface area (Å²) in [4.78, 5) is 11.9. The highest BCUT2D eigenvalue weighted by atomic mass is 35.5. The molecule has 0 amide bonds. The van der Waals surface area contributed by atoms with Crippen LogP contribution in [0, 0.1) is 12.7 Å². The van der Waals surface area contributed by atoms with Crippen molar-refractivity contribution in [1.82, 2.24) is 9.36 Å². The van der Waals surface area contributed by atoms with Crippen LogP contribution in [0.15, 0.2) is 23.0 Å². The molecular formula is C11H11ClFN3O. The van der Waals surface area contributed by atoms with E-state index in [0.717, 1.165) is 0 Å². The van der Waals surface area contributed by atoms with E-state index < -0.39 is 5.82 Å². The third-order valence-corrected chi connectivity index (χ3v) is 3.05. The molecule has 0 spiro atoms. The van der Waals surface area contributed by atoms with Gasteiger partial charge < -0.3 is 5.73 Å². The van der Waals surface area contributed by atoms with Gasteiger partial charge >= 0.3 is 0 Å². The first-order valence-corrected chi connectivity index (χ1v) is 5.30. The van der Waals surface area contributed by atoms with Crippen LogP contribution < -0.4 is 11.3 Å². The lowest BCUT2D eigenvalue weighted by Crippen LogP contribution is -2.20. The average molecular weight is 256 g/mol. The van der Waals surface area contributed by atoms with Gasteiger partial charge in [-0.3, -0.25) is 9.48 Å². The summed E-state index contributed by atoms with van der Waals surface area (Å²) in [5.74, 6) is -0.575. The Bertz CT molecular complexity index is 645. The normalized spacial score (nSPS) is 10.8. The summed E-state index contributed by atoms with van der Waals surface area (Å²) in [6.45, 7) is 1.72. The van der Waals surface area contributed by atoms with Crippen molar-refractivity contribution in [3.63, 3.8) is 0 Å². The van der Waals surface area contributed by atoms with Crippen LogP contribution in [-0.2, 0) is 7.05 Å². The molecular weight excluding hydrogens is 245 g/mol. The lowest BCUT2D eigenvalue weighted by atomic mass is 10.3. The number of halogens is 2. The molecule has 17 heavy (non-hydrogen) atoms. The quantitative estimate of drug-likeness (QED) is 0.846. The van der Waals surface area contributed by atoms with E-state index >= 15 is 0 Å². The number of nitrogens with zero attached hydrogens (tertiary/aromatic N) is 2. The Morgan fingerprint density at radius 3 is 2.53 bits per heavy atom. The van der Waals surface area contributed by atoms with E-state index in [1.807, 2.05) is 0 Å². The molecule has 6 heteroatoms. The maximum Gasteiger partial charge on any atom is 0.294 e. The van der Waals surface area contributed by atoms with E-state index in [9.17, 15) is 9.18 Å². The van der Waals surface area contributed by atoms with Crippen molar-refractivity contribution >= 4 is 17.3 Å². The molecule has 0 bridgehead atoms. The summed E-state index contributed by atoms with van der Waals surface area (Å²) < 4.78 is 16.2. The monoisotopic (exact) mass is 255 g/mol. The number of nitrogens with two attached hydrogens (primary N) is 1. The number of rotatable bonds is 1. The summed E-state index contributed by atoms with van der Waals surface area (Å²) in [6.07, 6.45) is 0. The van der Waals surface area contributed by atoms with Crippen LogP contribution in [0.5, 0.6) is 0 Å². The molecule has 0 saturated heterocycles. The third kappa shape index (κ3) is 1.72. The van der Waals surface area contributed by atoms with Crippen LogP contribution in [0.4, 0.5) is 10.1 Å². The van der Waals surface area contributed by atoms with E-state index in [4.69, 9.17) is 17.3 Å². The summed E-state index contributed by atoms with van der Waals surface area (Å²) in [5.41, 5.74) is 6.44. The Hall–Kier alpha value is -1.75. The summed E-state index contributed by atoms with van der Waals surface area (Å²) >= 11 is 5.59. The second-order valence-corrected chi connectivity index (χ2v) is 4.15. The molecule has 1 aromatic carbocycles. The van der Waals surface area contributed by atoms with E-state index in [0.29, 0.717) is 11.4 Å². The van der Waals surface area contributed by atoms with Gasteiger partial charge in [-0.1, -0.05) is 11.6 Å². The lowest BCUT2D eigenvalue weighted by molar-refractivity contribution is 0.607. The van der Waals surface area contributed by atoms with E-state index in [1.165, 1.54) is 16.8 Å². The van der Waals surface area contributed by atoms with Crippen LogP contribution in [0.1, 0.15) is 5.69 Å². The number of aromatic nitrogens is 2. The smallest absolute Gasteiger partial charge is 0.294 e. The number of nitrogen functional groups attached to an aromatic ring is 1. The molecule has 2 rings (SSSR count). The molecule has 90 valence electrons. The zero-order chi connectivity index (χ0) is 12.7. The fraction of sp³-hybridized carbons (Fsp3) is 0.182. The Kier molecular flexibility index (Phi) is 2.71. The van der Waals surface area contributed by atoms with Crippen LogP contribution in [0.3, 0.4) is 0 Å². The third-order valence-electron chi connectivity index (χ3n) is 2.75. The number of hydrogen-bond donors (Lipinski definition) is 1. The first kappa shape index (κ1) is 11.7. The van der Waals surface area contributed by atoms with Crippen molar-refractivity contribution in [2.24, 2.45) is 7.05 Å². The molecule has 2 aromatic rings. The van der Waals surface area contributed by atoms with Gasteiger partial charge in [0.25, 0.3) is 5.56 Å². The number of benzene rings is 1. The van der Waals surface area contributed by atoms with Crippen molar-refractivity contribution in [3.8, 4) is 5.69 Å². The predicted molar refractivity (Wildman–Crippen MR) is 65.1 cm³/mol. The zero-order valence-corrected chi connectivity index (χ0v) is 10.1. The van der Waals surface area contributed by atoms with Crippen LogP contribution in [-0.4, -0.2) is 9.36 Å². The average Bonchev–Trinajstić information content (AvgIpc) is 2.48. The van der Waals surface area contributed by atoms with Gasteiger partial charge in [-0.2, -0.15) is 0 Å². The van der Waals surface area contributed by atoms with E-state index in [-0.39, 0.29) is 16.3 Å². The molecule has 0 radical (unpaired) electrons. The highest BCUT2D eigenvalue weighted by Gasteiger charge is 2.14. The summed E-state index contributed by atoms with van der Waals surface area (Å²) in [7, 11) is 1.68. The minimum absolute atomic E-state index is 0.0145. The molecule has 0 aliphatic heterocycles. The van der Waals surface area contributed by atoms with Crippen molar-refractivity contribution < 1.29 is 4.39 Å². The topological polar surface area (TPSA) is 53.0 Å². The largest absolute Gasteiger partial charge is 0.393 e. The molecule has 0 atom stereocenters. The zero-order valence-electron chi connectivity index (χ0n) is 9.37. The first-order valence-electron chi connectivity index (χ1n) is 4.93. The van der Waals surface area contributed by atoms with Gasteiger partial charge in [-0.05, 0) is 19.1 Å². The molecule has 0 saturated carbocycles. The molecule has 0 fully saturated rings. The second-order valence-electron chi connectivity index (χ2n) is 3.74. The Balaban J connectivity index is 2.73. The van der Waals surface area contributed by atoms with Crippen molar-refractivity contribution in [2.75, 3.05) is 5.73 Å². The van der Waals surface area contributed by atoms with Gasteiger partial charge in [-0.15, -0.1) is 0 Å². The summed E-state index contributed by atoms with van der Waals surface area (Å²) in [6, 6.07) is 4.16. The van der Waals surface area contributed by atoms with Crippen LogP contribution >= 0.6 is 11.6 Å². The maximum absolute atomic E-state index is 13.3. The Labute approximate surface area is 102 Å². The van der Waals surface area contributed by atoms with Crippen LogP contribution in [0.25, 0.3) is 5.69 Å². The van der Waals surface area contributed by atoms with Crippen molar-refractivity contribution in [1.29, 1.82) is 0 Å². The molecule has 0 aliphatic carbocycles. The van der Waals surface area contributed by atoms with Crippen molar-refractivity contribution in [3.05, 3.63) is 45.1 Å². The van der Waals surface area contributed by atoms with E-state index in [1.54, 1.807) is 24.7 Å². The molecule has 2 N–H and O–H groups in total. The Morgan fingerprint density at radius 2 is 2.06 bits per heavy atom. The molecule has 0 aliphatic rings. The van der Waals surface area contributed by atoms with Gasteiger partial charge in [0, 0.05) is 13.1 Å². The molecule has 1 aromatic heterocycles.